The monoisotopic (exact) mass is 261 g/mol. The molecule has 0 saturated carbocycles. The molecule has 2 rings (SSSR count). The summed E-state index contributed by atoms with van der Waals surface area (Å²) in [5, 5.41) is 5.74. The Labute approximate surface area is 113 Å². The van der Waals surface area contributed by atoms with Gasteiger partial charge in [-0.2, -0.15) is 0 Å². The molecule has 0 aliphatic rings. The highest BCUT2D eigenvalue weighted by Crippen LogP contribution is 2.28. The average molecular weight is 261 g/mol. The molecule has 0 bridgehead atoms. The van der Waals surface area contributed by atoms with Crippen LogP contribution in [0.1, 0.15) is 29.8 Å². The van der Waals surface area contributed by atoms with Crippen LogP contribution >= 0.6 is 11.3 Å². The van der Waals surface area contributed by atoms with Crippen LogP contribution in [0.3, 0.4) is 0 Å². The van der Waals surface area contributed by atoms with Crippen LogP contribution in [-0.4, -0.2) is 7.11 Å². The van der Waals surface area contributed by atoms with Crippen LogP contribution in [0.4, 0.5) is 5.69 Å². The maximum Gasteiger partial charge on any atom is 0.0733 e. The Hall–Kier alpha value is -1.32. The van der Waals surface area contributed by atoms with Crippen molar-refractivity contribution in [1.29, 1.82) is 0 Å². The van der Waals surface area contributed by atoms with Gasteiger partial charge in [0.1, 0.15) is 0 Å². The van der Waals surface area contributed by atoms with Gasteiger partial charge in [-0.15, -0.1) is 11.3 Å². The summed E-state index contributed by atoms with van der Waals surface area (Å²) >= 11 is 1.80. The van der Waals surface area contributed by atoms with Crippen LogP contribution in [-0.2, 0) is 11.3 Å². The molecule has 0 aliphatic carbocycles. The third-order valence-corrected chi connectivity index (χ3v) is 3.93. The molecule has 0 saturated heterocycles. The van der Waals surface area contributed by atoms with Crippen molar-refractivity contribution in [1.82, 2.24) is 0 Å². The molecular weight excluding hydrogens is 242 g/mol. The third kappa shape index (κ3) is 3.12. The van der Waals surface area contributed by atoms with Crippen LogP contribution < -0.4 is 5.32 Å². The number of rotatable bonds is 6. The Balaban J connectivity index is 2.17. The Kier molecular flexibility index (Phi) is 4.79. The highest BCUT2D eigenvalue weighted by atomic mass is 32.1. The molecule has 2 aromatic rings. The summed E-state index contributed by atoms with van der Waals surface area (Å²) in [5.74, 6) is 0. The summed E-state index contributed by atoms with van der Waals surface area (Å²) in [6, 6.07) is 13.0. The van der Waals surface area contributed by atoms with Crippen molar-refractivity contribution in [3.05, 3.63) is 52.2 Å². The van der Waals surface area contributed by atoms with Gasteiger partial charge >= 0.3 is 0 Å². The summed E-state index contributed by atoms with van der Waals surface area (Å²) in [6.45, 7) is 2.85. The van der Waals surface area contributed by atoms with E-state index in [0.29, 0.717) is 12.6 Å². The van der Waals surface area contributed by atoms with Crippen LogP contribution in [0.5, 0.6) is 0 Å². The van der Waals surface area contributed by atoms with Gasteiger partial charge in [-0.25, -0.2) is 0 Å². The summed E-state index contributed by atoms with van der Waals surface area (Å²) in [4.78, 5) is 1.38. The van der Waals surface area contributed by atoms with Gasteiger partial charge in [0, 0.05) is 23.2 Å². The molecule has 0 amide bonds. The summed E-state index contributed by atoms with van der Waals surface area (Å²) < 4.78 is 5.24. The lowest BCUT2D eigenvalue weighted by molar-refractivity contribution is 0.185. The van der Waals surface area contributed by atoms with Crippen molar-refractivity contribution in [2.45, 2.75) is 26.0 Å². The zero-order valence-electron chi connectivity index (χ0n) is 10.8. The van der Waals surface area contributed by atoms with Crippen LogP contribution in [0.25, 0.3) is 0 Å². The number of hydrogen-bond acceptors (Lipinski definition) is 3. The molecule has 2 nitrogen and oxygen atoms in total. The Morgan fingerprint density at radius 3 is 2.72 bits per heavy atom. The van der Waals surface area contributed by atoms with Gasteiger partial charge in [0.2, 0.25) is 0 Å². The maximum atomic E-state index is 5.24. The van der Waals surface area contributed by atoms with Gasteiger partial charge in [0.15, 0.2) is 0 Å². The predicted molar refractivity (Wildman–Crippen MR) is 78.1 cm³/mol. The average Bonchev–Trinajstić information content (AvgIpc) is 2.92. The first-order valence-electron chi connectivity index (χ1n) is 6.22. The van der Waals surface area contributed by atoms with E-state index in [4.69, 9.17) is 4.74 Å². The molecule has 0 aliphatic heterocycles. The maximum absolute atomic E-state index is 5.24. The first-order chi connectivity index (χ1) is 8.85. The molecule has 18 heavy (non-hydrogen) atoms. The molecule has 1 atom stereocenters. The quantitative estimate of drug-likeness (QED) is 0.829. The SMILES string of the molecule is CCC(Nc1ccccc1COC)c1cccs1. The van der Waals surface area contributed by atoms with Crippen molar-refractivity contribution in [3.8, 4) is 0 Å². The van der Waals surface area contributed by atoms with Crippen molar-refractivity contribution in [3.63, 3.8) is 0 Å². The molecular formula is C15H19NOS. The van der Waals surface area contributed by atoms with E-state index < -0.39 is 0 Å². The molecule has 0 spiro atoms. The van der Waals surface area contributed by atoms with Gasteiger partial charge in [0.25, 0.3) is 0 Å². The van der Waals surface area contributed by atoms with E-state index in [2.05, 4.69) is 48.0 Å². The van der Waals surface area contributed by atoms with Crippen molar-refractivity contribution in [2.24, 2.45) is 0 Å². The Morgan fingerprint density at radius 2 is 2.06 bits per heavy atom. The number of hydrogen-bond donors (Lipinski definition) is 1. The van der Waals surface area contributed by atoms with Crippen LogP contribution in [0.2, 0.25) is 0 Å². The van der Waals surface area contributed by atoms with E-state index in [-0.39, 0.29) is 0 Å². The lowest BCUT2D eigenvalue weighted by Crippen LogP contribution is -2.10. The fraction of sp³-hybridized carbons (Fsp3) is 0.333. The normalized spacial score (nSPS) is 12.3. The molecule has 96 valence electrons. The zero-order valence-corrected chi connectivity index (χ0v) is 11.7. The molecule has 1 unspecified atom stereocenters. The van der Waals surface area contributed by atoms with Crippen molar-refractivity contribution >= 4 is 17.0 Å². The molecule has 1 aromatic carbocycles. The minimum atomic E-state index is 0.378. The van der Waals surface area contributed by atoms with Gasteiger partial charge in [0.05, 0.1) is 12.6 Å². The second-order valence-corrected chi connectivity index (χ2v) is 5.19. The van der Waals surface area contributed by atoms with E-state index in [9.17, 15) is 0 Å². The molecule has 3 heteroatoms. The minimum absolute atomic E-state index is 0.378. The van der Waals surface area contributed by atoms with Gasteiger partial charge in [-0.3, -0.25) is 0 Å². The van der Waals surface area contributed by atoms with Gasteiger partial charge < -0.3 is 10.1 Å². The first kappa shape index (κ1) is 13.1. The van der Waals surface area contributed by atoms with Gasteiger partial charge in [-0.1, -0.05) is 31.2 Å². The number of thiophene rings is 1. The van der Waals surface area contributed by atoms with E-state index >= 15 is 0 Å². The van der Waals surface area contributed by atoms with Crippen LogP contribution in [0, 0.1) is 0 Å². The molecule has 0 radical (unpaired) electrons. The molecule has 1 N–H and O–H groups in total. The molecule has 1 heterocycles. The number of methoxy groups -OCH3 is 1. The Bertz CT molecular complexity index is 467. The first-order valence-corrected chi connectivity index (χ1v) is 7.10. The lowest BCUT2D eigenvalue weighted by Gasteiger charge is -2.19. The summed E-state index contributed by atoms with van der Waals surface area (Å²) in [6.07, 6.45) is 1.07. The number of benzene rings is 1. The predicted octanol–water partition coefficient (Wildman–Crippen LogP) is 4.46. The minimum Gasteiger partial charge on any atom is -0.380 e. The number of anilines is 1. The van der Waals surface area contributed by atoms with E-state index in [1.54, 1.807) is 18.4 Å². The standard InChI is InChI=1S/C15H19NOS/c1-3-13(15-9-6-10-18-15)16-14-8-5-4-7-12(14)11-17-2/h4-10,13,16H,3,11H2,1-2H3. The van der Waals surface area contributed by atoms with E-state index in [1.165, 1.54) is 16.1 Å². The van der Waals surface area contributed by atoms with Crippen molar-refractivity contribution in [2.75, 3.05) is 12.4 Å². The highest BCUT2D eigenvalue weighted by Gasteiger charge is 2.11. The smallest absolute Gasteiger partial charge is 0.0733 e. The number of nitrogens with one attached hydrogen (secondary N) is 1. The number of ether oxygens (including phenoxy) is 1. The zero-order chi connectivity index (χ0) is 12.8. The largest absolute Gasteiger partial charge is 0.380 e. The topological polar surface area (TPSA) is 21.3 Å². The fourth-order valence-corrected chi connectivity index (χ4v) is 2.86. The summed E-state index contributed by atoms with van der Waals surface area (Å²) in [5.41, 5.74) is 2.37. The third-order valence-electron chi connectivity index (χ3n) is 2.94. The van der Waals surface area contributed by atoms with Gasteiger partial charge in [-0.05, 0) is 23.9 Å². The second-order valence-electron chi connectivity index (χ2n) is 4.21. The van der Waals surface area contributed by atoms with Crippen molar-refractivity contribution < 1.29 is 4.74 Å². The van der Waals surface area contributed by atoms with E-state index in [1.807, 2.05) is 6.07 Å². The molecule has 1 aromatic heterocycles. The van der Waals surface area contributed by atoms with Crippen LogP contribution in [0.15, 0.2) is 41.8 Å². The number of para-hydroxylation sites is 1. The molecule has 0 fully saturated rings. The Morgan fingerprint density at radius 1 is 1.22 bits per heavy atom. The second kappa shape index (κ2) is 6.57. The van der Waals surface area contributed by atoms with E-state index in [0.717, 1.165) is 6.42 Å². The summed E-state index contributed by atoms with van der Waals surface area (Å²) in [7, 11) is 1.73. The lowest BCUT2D eigenvalue weighted by atomic mass is 10.1. The fourth-order valence-electron chi connectivity index (χ4n) is 1.99. The highest BCUT2D eigenvalue weighted by molar-refractivity contribution is 7.10.